The minimum absolute atomic E-state index is 0.0562. The number of hydrogen-bond acceptors (Lipinski definition) is 7. The van der Waals surface area contributed by atoms with E-state index in [4.69, 9.17) is 0 Å². The Labute approximate surface area is 254 Å². The van der Waals surface area contributed by atoms with Crippen LogP contribution < -0.4 is 20.1 Å². The van der Waals surface area contributed by atoms with E-state index in [-0.39, 0.29) is 18.2 Å². The number of unbranched alkanes of at least 4 members (excludes halogenated alkanes) is 4. The molecule has 10 heteroatoms. The van der Waals surface area contributed by atoms with Gasteiger partial charge < -0.3 is 30.9 Å². The summed E-state index contributed by atoms with van der Waals surface area (Å²) in [6.45, 7) is 4.22. The molecule has 2 heterocycles. The molecule has 0 bridgehead atoms. The highest BCUT2D eigenvalue weighted by Crippen LogP contribution is 2.45. The van der Waals surface area contributed by atoms with Crippen molar-refractivity contribution in [2.24, 2.45) is 0 Å². The summed E-state index contributed by atoms with van der Waals surface area (Å²) in [7, 11) is 2.11. The van der Waals surface area contributed by atoms with Crippen molar-refractivity contribution < 1.29 is 29.5 Å². The monoisotopic (exact) mass is 599 g/mol. The number of nitrogens with zero attached hydrogens (tertiary/aromatic N) is 2. The summed E-state index contributed by atoms with van der Waals surface area (Å²) in [5.74, 6) is -0.268. The highest BCUT2D eigenvalue weighted by molar-refractivity contribution is 8.03. The Kier molecular flexibility index (Phi) is 13.3. The van der Waals surface area contributed by atoms with Crippen LogP contribution >= 0.6 is 11.8 Å². The van der Waals surface area contributed by atoms with Crippen LogP contribution in [0.2, 0.25) is 0 Å². The van der Waals surface area contributed by atoms with Gasteiger partial charge in [-0.15, -0.1) is 0 Å². The largest absolute Gasteiger partial charge is 0.394 e. The van der Waals surface area contributed by atoms with E-state index in [9.17, 15) is 24.9 Å². The zero-order chi connectivity index (χ0) is 30.5. The molecule has 5 N–H and O–H groups in total. The summed E-state index contributed by atoms with van der Waals surface area (Å²) in [5, 5.41) is 34.5. The van der Waals surface area contributed by atoms with Crippen LogP contribution in [0.15, 0.2) is 46.3 Å². The second-order valence-electron chi connectivity index (χ2n) is 11.1. The van der Waals surface area contributed by atoms with Gasteiger partial charge in [-0.3, -0.25) is 9.59 Å². The molecule has 1 aliphatic heterocycles. The standard InChI is InChI=1S/C32H46N4O5S/c1-24-18-26(20-31-35(3)27-12-8-9-13-28(27)42-31)19-25(2)36(24)17-11-5-7-14-29(40)33-16-10-4-6-15-30(41)34-32(21-37,22-38)23-39/h8-9,12-13,18-20,37-39H,4-7,10-11,14-17,21-23H2,1-3H3,(H-,33,34,40,41)/p+1. The van der Waals surface area contributed by atoms with Crippen molar-refractivity contribution in [1.82, 2.24) is 10.6 Å². The molecule has 42 heavy (non-hydrogen) atoms. The van der Waals surface area contributed by atoms with Crippen LogP contribution in [0.3, 0.4) is 0 Å². The molecule has 0 spiro atoms. The Balaban J connectivity index is 1.29. The van der Waals surface area contributed by atoms with Crippen LogP contribution in [0.25, 0.3) is 6.08 Å². The number of pyridine rings is 1. The lowest BCUT2D eigenvalue weighted by Gasteiger charge is -2.28. The van der Waals surface area contributed by atoms with Crippen molar-refractivity contribution in [3.05, 3.63) is 58.4 Å². The number of aliphatic hydroxyl groups is 3. The van der Waals surface area contributed by atoms with Crippen LogP contribution in [-0.4, -0.2) is 66.1 Å². The van der Waals surface area contributed by atoms with Gasteiger partial charge in [0.25, 0.3) is 0 Å². The third kappa shape index (κ3) is 9.55. The van der Waals surface area contributed by atoms with Crippen molar-refractivity contribution in [3.63, 3.8) is 0 Å². The molecular formula is C32H47N4O5S+. The molecule has 0 fully saturated rings. The van der Waals surface area contributed by atoms with Gasteiger partial charge in [-0.05, 0) is 49.5 Å². The van der Waals surface area contributed by atoms with E-state index in [1.807, 2.05) is 0 Å². The number of aromatic nitrogens is 1. The van der Waals surface area contributed by atoms with E-state index in [0.29, 0.717) is 19.4 Å². The number of para-hydroxylation sites is 1. The van der Waals surface area contributed by atoms with Crippen molar-refractivity contribution >= 4 is 35.3 Å². The molecule has 0 radical (unpaired) electrons. The lowest BCUT2D eigenvalue weighted by atomic mass is 10.0. The molecule has 2 aromatic rings. The number of rotatable bonds is 17. The third-order valence-electron chi connectivity index (χ3n) is 7.67. The van der Waals surface area contributed by atoms with Gasteiger partial charge >= 0.3 is 0 Å². The summed E-state index contributed by atoms with van der Waals surface area (Å²) in [5.41, 5.74) is 3.53. The van der Waals surface area contributed by atoms with E-state index in [1.54, 1.807) is 11.8 Å². The number of nitrogens with one attached hydrogen (secondary N) is 2. The predicted molar refractivity (Wildman–Crippen MR) is 167 cm³/mol. The molecule has 230 valence electrons. The summed E-state index contributed by atoms with van der Waals surface area (Å²) < 4.78 is 2.35. The van der Waals surface area contributed by atoms with E-state index in [2.05, 4.69) is 83.5 Å². The number of anilines is 1. The number of thioether (sulfide) groups is 1. The van der Waals surface area contributed by atoms with Gasteiger partial charge in [0.1, 0.15) is 12.1 Å². The summed E-state index contributed by atoms with van der Waals surface area (Å²) in [6, 6.07) is 12.9. The molecule has 1 aromatic heterocycles. The van der Waals surface area contributed by atoms with E-state index in [0.717, 1.165) is 38.6 Å². The Morgan fingerprint density at radius 2 is 1.52 bits per heavy atom. The average molecular weight is 600 g/mol. The third-order valence-corrected chi connectivity index (χ3v) is 8.83. The zero-order valence-corrected chi connectivity index (χ0v) is 26.0. The number of carbonyl (C=O) groups is 2. The molecule has 2 amide bonds. The van der Waals surface area contributed by atoms with Gasteiger partial charge in [-0.1, -0.05) is 30.3 Å². The molecule has 9 nitrogen and oxygen atoms in total. The summed E-state index contributed by atoms with van der Waals surface area (Å²) in [6.07, 6.45) is 8.01. The number of aliphatic hydroxyl groups excluding tert-OH is 3. The summed E-state index contributed by atoms with van der Waals surface area (Å²) in [4.78, 5) is 27.7. The van der Waals surface area contributed by atoms with Gasteiger partial charge in [0.2, 0.25) is 11.8 Å². The van der Waals surface area contributed by atoms with Crippen molar-refractivity contribution in [1.29, 1.82) is 0 Å². The Bertz CT molecular complexity index is 1200. The van der Waals surface area contributed by atoms with Crippen LogP contribution in [0.5, 0.6) is 0 Å². The Hall–Kier alpha value is -2.92. The first kappa shape index (κ1) is 33.6. The molecular weight excluding hydrogens is 552 g/mol. The van der Waals surface area contributed by atoms with Crippen LogP contribution in [0.1, 0.15) is 68.3 Å². The highest BCUT2D eigenvalue weighted by atomic mass is 32.2. The lowest BCUT2D eigenvalue weighted by Crippen LogP contribution is -2.57. The molecule has 1 aromatic carbocycles. The maximum absolute atomic E-state index is 12.2. The first-order valence-corrected chi connectivity index (χ1v) is 15.7. The lowest BCUT2D eigenvalue weighted by molar-refractivity contribution is -0.709. The minimum atomic E-state index is -1.39. The Morgan fingerprint density at radius 1 is 0.905 bits per heavy atom. The van der Waals surface area contributed by atoms with E-state index >= 15 is 0 Å². The van der Waals surface area contributed by atoms with Gasteiger partial charge in [0.05, 0.1) is 30.5 Å². The number of carbonyl (C=O) groups excluding carboxylic acids is 2. The molecule has 0 atom stereocenters. The minimum Gasteiger partial charge on any atom is -0.394 e. The molecule has 0 unspecified atom stereocenters. The number of aryl methyl sites for hydroxylation is 2. The Morgan fingerprint density at radius 3 is 2.17 bits per heavy atom. The normalized spacial score (nSPS) is 13.9. The van der Waals surface area contributed by atoms with Gasteiger partial charge in [-0.25, -0.2) is 4.57 Å². The molecule has 3 rings (SSSR count). The maximum atomic E-state index is 12.2. The van der Waals surface area contributed by atoms with Crippen molar-refractivity contribution in [2.45, 2.75) is 82.2 Å². The summed E-state index contributed by atoms with van der Waals surface area (Å²) >= 11 is 1.80. The molecule has 0 saturated heterocycles. The van der Waals surface area contributed by atoms with Crippen molar-refractivity contribution in [3.8, 4) is 0 Å². The zero-order valence-electron chi connectivity index (χ0n) is 25.2. The number of fused-ring (bicyclic) bond motifs is 1. The SMILES string of the molecule is Cc1cc(C=C2Sc3ccccc3N2C)cc(C)[n+]1CCCCCC(=O)NCCCCCC(=O)NC(CO)(CO)CO. The van der Waals surface area contributed by atoms with E-state index < -0.39 is 25.4 Å². The van der Waals surface area contributed by atoms with Crippen molar-refractivity contribution in [2.75, 3.05) is 38.3 Å². The fourth-order valence-corrected chi connectivity index (χ4v) is 6.16. The fraction of sp³-hybridized carbons (Fsp3) is 0.531. The van der Waals surface area contributed by atoms with Crippen LogP contribution in [0.4, 0.5) is 5.69 Å². The van der Waals surface area contributed by atoms with Gasteiger partial charge in [0, 0.05) is 63.7 Å². The molecule has 1 aliphatic rings. The highest BCUT2D eigenvalue weighted by Gasteiger charge is 2.29. The van der Waals surface area contributed by atoms with Gasteiger partial charge in [-0.2, -0.15) is 0 Å². The fourth-order valence-electron chi connectivity index (χ4n) is 5.05. The number of hydrogen-bond donors (Lipinski definition) is 5. The molecule has 0 aliphatic carbocycles. The van der Waals surface area contributed by atoms with E-state index in [1.165, 1.54) is 32.6 Å². The quantitative estimate of drug-likeness (QED) is 0.140. The van der Waals surface area contributed by atoms with Crippen LogP contribution in [-0.2, 0) is 16.1 Å². The number of benzene rings is 1. The second kappa shape index (κ2) is 16.6. The smallest absolute Gasteiger partial charge is 0.220 e. The molecule has 0 saturated carbocycles. The van der Waals surface area contributed by atoms with Gasteiger partial charge in [0.15, 0.2) is 11.4 Å². The topological polar surface area (TPSA) is 126 Å². The average Bonchev–Trinajstić information content (AvgIpc) is 3.29. The predicted octanol–water partition coefficient (Wildman–Crippen LogP) is 3.20. The first-order chi connectivity index (χ1) is 20.2. The maximum Gasteiger partial charge on any atom is 0.220 e. The second-order valence-corrected chi connectivity index (χ2v) is 12.2. The number of amides is 2. The first-order valence-electron chi connectivity index (χ1n) is 14.9. The van der Waals surface area contributed by atoms with Crippen LogP contribution in [0, 0.1) is 13.8 Å².